The van der Waals surface area contributed by atoms with Gasteiger partial charge in [0.05, 0.1) is 12.3 Å². The Morgan fingerprint density at radius 1 is 1.03 bits per heavy atom. The summed E-state index contributed by atoms with van der Waals surface area (Å²) in [4.78, 5) is 14.9. The average Bonchev–Trinajstić information content (AvgIpc) is 2.76. The number of fused-ring (bicyclic) bond motifs is 1. The molecule has 0 saturated carbocycles. The standard InChI is InChI=1S/C24H35N3O2/c1-4-6-16-27(5-2)17-9-18-29-20-14-12-19(13-15-20)23-21-10-7-8-11-22(21)24(28)26(3)25-23/h12-15H,4-11,16-18H2,1-3H3. The van der Waals surface area contributed by atoms with Crippen LogP contribution < -0.4 is 10.3 Å². The van der Waals surface area contributed by atoms with Gasteiger partial charge in [-0.2, -0.15) is 5.10 Å². The van der Waals surface area contributed by atoms with Crippen LogP contribution in [-0.4, -0.2) is 40.9 Å². The zero-order valence-electron chi connectivity index (χ0n) is 18.2. The summed E-state index contributed by atoms with van der Waals surface area (Å²) >= 11 is 0. The Balaban J connectivity index is 1.61. The van der Waals surface area contributed by atoms with Gasteiger partial charge in [0.15, 0.2) is 0 Å². The van der Waals surface area contributed by atoms with Crippen LogP contribution in [0.4, 0.5) is 0 Å². The van der Waals surface area contributed by atoms with Crippen molar-refractivity contribution in [3.05, 3.63) is 45.7 Å². The molecule has 0 amide bonds. The molecule has 2 aromatic rings. The van der Waals surface area contributed by atoms with E-state index < -0.39 is 0 Å². The fraction of sp³-hybridized carbons (Fsp3) is 0.583. The van der Waals surface area contributed by atoms with E-state index in [0.717, 1.165) is 79.9 Å². The highest BCUT2D eigenvalue weighted by molar-refractivity contribution is 5.65. The third kappa shape index (κ3) is 5.47. The second kappa shape index (κ2) is 10.6. The number of unbranched alkanes of at least 4 members (excludes halogenated alkanes) is 1. The molecule has 5 nitrogen and oxygen atoms in total. The fourth-order valence-electron chi connectivity index (χ4n) is 4.08. The van der Waals surface area contributed by atoms with Crippen molar-refractivity contribution >= 4 is 0 Å². The van der Waals surface area contributed by atoms with Crippen LogP contribution in [0.5, 0.6) is 5.75 Å². The first-order chi connectivity index (χ1) is 14.1. The lowest BCUT2D eigenvalue weighted by molar-refractivity contribution is 0.239. The van der Waals surface area contributed by atoms with Gasteiger partial charge in [-0.3, -0.25) is 4.79 Å². The molecule has 0 saturated heterocycles. The lowest BCUT2D eigenvalue weighted by atomic mass is 9.90. The summed E-state index contributed by atoms with van der Waals surface area (Å²) in [6.07, 6.45) is 7.57. The van der Waals surface area contributed by atoms with Crippen LogP contribution in [-0.2, 0) is 19.9 Å². The number of benzene rings is 1. The molecular weight excluding hydrogens is 362 g/mol. The molecule has 3 rings (SSSR count). The Morgan fingerprint density at radius 2 is 1.72 bits per heavy atom. The van der Waals surface area contributed by atoms with Gasteiger partial charge in [-0.15, -0.1) is 0 Å². The molecule has 158 valence electrons. The van der Waals surface area contributed by atoms with E-state index >= 15 is 0 Å². The van der Waals surface area contributed by atoms with E-state index in [2.05, 4.69) is 36.0 Å². The molecule has 0 atom stereocenters. The van der Waals surface area contributed by atoms with Crippen molar-refractivity contribution in [2.75, 3.05) is 26.2 Å². The summed E-state index contributed by atoms with van der Waals surface area (Å²) in [5.74, 6) is 0.893. The maximum absolute atomic E-state index is 12.4. The molecule has 0 spiro atoms. The van der Waals surface area contributed by atoms with Crippen LogP contribution in [0.3, 0.4) is 0 Å². The minimum absolute atomic E-state index is 0.0588. The zero-order chi connectivity index (χ0) is 20.6. The van der Waals surface area contributed by atoms with Gasteiger partial charge in [0.2, 0.25) is 0 Å². The van der Waals surface area contributed by atoms with Gasteiger partial charge in [-0.05, 0) is 81.4 Å². The molecule has 0 N–H and O–H groups in total. The van der Waals surface area contributed by atoms with Crippen molar-refractivity contribution in [1.29, 1.82) is 0 Å². The molecule has 1 aliphatic carbocycles. The van der Waals surface area contributed by atoms with Crippen LogP contribution in [0.1, 0.15) is 57.1 Å². The zero-order valence-corrected chi connectivity index (χ0v) is 18.2. The molecule has 5 heteroatoms. The van der Waals surface area contributed by atoms with E-state index in [1.54, 1.807) is 7.05 Å². The summed E-state index contributed by atoms with van der Waals surface area (Å²) in [6, 6.07) is 8.17. The minimum Gasteiger partial charge on any atom is -0.494 e. The molecular formula is C24H35N3O2. The highest BCUT2D eigenvalue weighted by Crippen LogP contribution is 2.29. The molecule has 0 aliphatic heterocycles. The third-order valence-electron chi connectivity index (χ3n) is 5.85. The molecule has 0 fully saturated rings. The molecule has 1 aromatic heterocycles. The van der Waals surface area contributed by atoms with Crippen molar-refractivity contribution in [2.24, 2.45) is 7.05 Å². The Hall–Kier alpha value is -2.14. The Morgan fingerprint density at radius 3 is 2.41 bits per heavy atom. The van der Waals surface area contributed by atoms with E-state index in [9.17, 15) is 4.79 Å². The summed E-state index contributed by atoms with van der Waals surface area (Å²) in [7, 11) is 1.75. The number of ether oxygens (including phenoxy) is 1. The van der Waals surface area contributed by atoms with Crippen molar-refractivity contribution in [1.82, 2.24) is 14.7 Å². The maximum atomic E-state index is 12.4. The molecule has 29 heavy (non-hydrogen) atoms. The van der Waals surface area contributed by atoms with Gasteiger partial charge in [-0.1, -0.05) is 20.3 Å². The fourth-order valence-corrected chi connectivity index (χ4v) is 4.08. The van der Waals surface area contributed by atoms with E-state index in [0.29, 0.717) is 0 Å². The smallest absolute Gasteiger partial charge is 0.269 e. The number of aromatic nitrogens is 2. The van der Waals surface area contributed by atoms with Gasteiger partial charge >= 0.3 is 0 Å². The first-order valence-electron chi connectivity index (χ1n) is 11.2. The monoisotopic (exact) mass is 397 g/mol. The number of hydrogen-bond acceptors (Lipinski definition) is 4. The molecule has 0 unspecified atom stereocenters. The first-order valence-corrected chi connectivity index (χ1v) is 11.2. The molecule has 1 aromatic carbocycles. The van der Waals surface area contributed by atoms with Crippen molar-refractivity contribution < 1.29 is 4.74 Å². The van der Waals surface area contributed by atoms with Crippen LogP contribution in [0, 0.1) is 0 Å². The summed E-state index contributed by atoms with van der Waals surface area (Å²) in [5, 5.41) is 4.57. The summed E-state index contributed by atoms with van der Waals surface area (Å²) in [6.45, 7) is 8.56. The molecule has 1 aliphatic rings. The topological polar surface area (TPSA) is 47.4 Å². The van der Waals surface area contributed by atoms with E-state index in [4.69, 9.17) is 4.74 Å². The third-order valence-corrected chi connectivity index (χ3v) is 5.85. The second-order valence-corrected chi connectivity index (χ2v) is 7.96. The molecule has 1 heterocycles. The Labute approximate surface area is 174 Å². The van der Waals surface area contributed by atoms with Gasteiger partial charge in [0.25, 0.3) is 5.56 Å². The summed E-state index contributed by atoms with van der Waals surface area (Å²) < 4.78 is 7.44. The van der Waals surface area contributed by atoms with Crippen LogP contribution in [0.25, 0.3) is 11.3 Å². The van der Waals surface area contributed by atoms with Crippen LogP contribution in [0.2, 0.25) is 0 Å². The number of nitrogens with zero attached hydrogens (tertiary/aromatic N) is 3. The lowest BCUT2D eigenvalue weighted by Gasteiger charge is -2.20. The van der Waals surface area contributed by atoms with Crippen molar-refractivity contribution in [2.45, 2.75) is 58.8 Å². The highest BCUT2D eigenvalue weighted by atomic mass is 16.5. The highest BCUT2D eigenvalue weighted by Gasteiger charge is 2.20. The van der Waals surface area contributed by atoms with E-state index in [1.165, 1.54) is 24.1 Å². The maximum Gasteiger partial charge on any atom is 0.269 e. The number of rotatable bonds is 10. The first kappa shape index (κ1) is 21.6. The van der Waals surface area contributed by atoms with Crippen molar-refractivity contribution in [3.63, 3.8) is 0 Å². The van der Waals surface area contributed by atoms with Gasteiger partial charge in [0, 0.05) is 24.7 Å². The Bertz CT molecular complexity index is 842. The van der Waals surface area contributed by atoms with Crippen LogP contribution >= 0.6 is 0 Å². The minimum atomic E-state index is 0.0588. The van der Waals surface area contributed by atoms with Gasteiger partial charge in [-0.25, -0.2) is 4.68 Å². The Kier molecular flexibility index (Phi) is 7.87. The SMILES string of the molecule is CCCCN(CC)CCCOc1ccc(-c2nn(C)c(=O)c3c2CCCC3)cc1. The summed E-state index contributed by atoms with van der Waals surface area (Å²) in [5.41, 5.74) is 4.15. The average molecular weight is 398 g/mol. The van der Waals surface area contributed by atoms with Crippen LogP contribution in [0.15, 0.2) is 29.1 Å². The normalized spacial score (nSPS) is 13.5. The lowest BCUT2D eigenvalue weighted by Crippen LogP contribution is -2.28. The largest absolute Gasteiger partial charge is 0.494 e. The number of hydrogen-bond donors (Lipinski definition) is 0. The molecule has 0 radical (unpaired) electrons. The number of aryl methyl sites for hydroxylation is 1. The van der Waals surface area contributed by atoms with E-state index in [1.807, 2.05) is 12.1 Å². The van der Waals surface area contributed by atoms with E-state index in [-0.39, 0.29) is 5.56 Å². The molecule has 0 bridgehead atoms. The van der Waals surface area contributed by atoms with Gasteiger partial charge in [0.1, 0.15) is 5.75 Å². The predicted octanol–water partition coefficient (Wildman–Crippen LogP) is 4.22. The van der Waals surface area contributed by atoms with Crippen molar-refractivity contribution in [3.8, 4) is 17.0 Å². The quantitative estimate of drug-likeness (QED) is 0.563. The van der Waals surface area contributed by atoms with Gasteiger partial charge < -0.3 is 9.64 Å². The second-order valence-electron chi connectivity index (χ2n) is 7.96. The predicted molar refractivity (Wildman–Crippen MR) is 119 cm³/mol.